The molecule has 0 unspecified atom stereocenters. The van der Waals surface area contributed by atoms with Crippen molar-refractivity contribution in [1.82, 2.24) is 0 Å². The summed E-state index contributed by atoms with van der Waals surface area (Å²) in [5, 5.41) is 9.39. The molecule has 0 amide bonds. The molecule has 1 N–H and O–H groups in total. The molecule has 1 aromatic rings. The summed E-state index contributed by atoms with van der Waals surface area (Å²) < 4.78 is 9.84. The van der Waals surface area contributed by atoms with Crippen LogP contribution in [-0.2, 0) is 9.53 Å². The Bertz CT molecular complexity index is 411. The van der Waals surface area contributed by atoms with Gasteiger partial charge in [-0.15, -0.1) is 0 Å². The van der Waals surface area contributed by atoms with Crippen molar-refractivity contribution in [2.45, 2.75) is 27.2 Å². The van der Waals surface area contributed by atoms with Gasteiger partial charge in [-0.2, -0.15) is 0 Å². The van der Waals surface area contributed by atoms with Crippen molar-refractivity contribution in [1.29, 1.82) is 0 Å². The maximum absolute atomic E-state index is 11.2. The van der Waals surface area contributed by atoms with Crippen LogP contribution in [0, 0.1) is 0 Å². The summed E-state index contributed by atoms with van der Waals surface area (Å²) in [5.41, 5.74) is 0.757. The average Bonchev–Trinajstić information content (AvgIpc) is 2.46. The van der Waals surface area contributed by atoms with Crippen molar-refractivity contribution in [3.8, 4) is 11.5 Å². The lowest BCUT2D eigenvalue weighted by molar-refractivity contribution is -0.137. The van der Waals surface area contributed by atoms with E-state index in [1.165, 1.54) is 19.3 Å². The lowest BCUT2D eigenvalue weighted by atomic mass is 10.2. The first-order chi connectivity index (χ1) is 9.17. The number of hydrogen-bond donors (Lipinski definition) is 1. The molecule has 0 aliphatic heterocycles. The van der Waals surface area contributed by atoms with E-state index in [0.29, 0.717) is 12.4 Å². The number of rotatable bonds is 5. The van der Waals surface area contributed by atoms with Gasteiger partial charge >= 0.3 is 5.97 Å². The average molecular weight is 266 g/mol. The SMILES string of the molecule is CC.CCCOC(=O)/C=C/c1ccc(O)c(OC)c1. The summed E-state index contributed by atoms with van der Waals surface area (Å²) >= 11 is 0. The van der Waals surface area contributed by atoms with Crippen LogP contribution in [0.1, 0.15) is 32.8 Å². The molecule has 0 aromatic heterocycles. The first-order valence-corrected chi connectivity index (χ1v) is 6.39. The Balaban J connectivity index is 0.00000154. The van der Waals surface area contributed by atoms with Crippen LogP contribution in [0.4, 0.5) is 0 Å². The van der Waals surface area contributed by atoms with Crippen LogP contribution in [0.5, 0.6) is 11.5 Å². The number of esters is 1. The molecule has 19 heavy (non-hydrogen) atoms. The molecular weight excluding hydrogens is 244 g/mol. The highest BCUT2D eigenvalue weighted by molar-refractivity contribution is 5.87. The van der Waals surface area contributed by atoms with Gasteiger partial charge in [0.2, 0.25) is 0 Å². The Morgan fingerprint density at radius 1 is 1.37 bits per heavy atom. The summed E-state index contributed by atoms with van der Waals surface area (Å²) in [6.45, 7) is 6.35. The van der Waals surface area contributed by atoms with Gasteiger partial charge in [-0.25, -0.2) is 4.79 Å². The molecule has 106 valence electrons. The second kappa shape index (κ2) is 10.00. The molecule has 0 atom stereocenters. The maximum Gasteiger partial charge on any atom is 0.330 e. The first kappa shape index (κ1) is 17.0. The van der Waals surface area contributed by atoms with E-state index >= 15 is 0 Å². The monoisotopic (exact) mass is 266 g/mol. The van der Waals surface area contributed by atoms with Gasteiger partial charge in [0.25, 0.3) is 0 Å². The third-order valence-corrected chi connectivity index (χ3v) is 2.06. The quantitative estimate of drug-likeness (QED) is 0.655. The predicted octanol–water partition coefficient (Wildman–Crippen LogP) is 3.39. The van der Waals surface area contributed by atoms with Gasteiger partial charge in [0.1, 0.15) is 0 Å². The van der Waals surface area contributed by atoms with Gasteiger partial charge in [0.05, 0.1) is 13.7 Å². The van der Waals surface area contributed by atoms with Crippen LogP contribution in [-0.4, -0.2) is 24.8 Å². The standard InChI is InChI=1S/C13H16O4.C2H6/c1-3-8-17-13(15)7-5-10-4-6-11(14)12(9-10)16-2;1-2/h4-7,9,14H,3,8H2,1-2H3;1-2H3/b7-5+;. The van der Waals surface area contributed by atoms with Crippen molar-refractivity contribution < 1.29 is 19.4 Å². The normalized spacial score (nSPS) is 9.68. The molecule has 0 heterocycles. The molecule has 0 aliphatic rings. The highest BCUT2D eigenvalue weighted by Crippen LogP contribution is 2.26. The zero-order valence-electron chi connectivity index (χ0n) is 12.0. The number of phenolic OH excluding ortho intramolecular Hbond substituents is 1. The smallest absolute Gasteiger partial charge is 0.330 e. The summed E-state index contributed by atoms with van der Waals surface area (Å²) in [6, 6.07) is 4.83. The molecule has 4 nitrogen and oxygen atoms in total. The van der Waals surface area contributed by atoms with Gasteiger partial charge in [-0.05, 0) is 30.2 Å². The fraction of sp³-hybridized carbons (Fsp3) is 0.400. The number of methoxy groups -OCH3 is 1. The van der Waals surface area contributed by atoms with Crippen LogP contribution < -0.4 is 4.74 Å². The third kappa shape index (κ3) is 6.50. The highest BCUT2D eigenvalue weighted by atomic mass is 16.5. The summed E-state index contributed by atoms with van der Waals surface area (Å²) in [7, 11) is 1.47. The molecule has 1 rings (SSSR count). The molecule has 0 saturated heterocycles. The second-order valence-corrected chi connectivity index (χ2v) is 3.43. The Labute approximate surface area is 114 Å². The number of carbonyl (C=O) groups is 1. The molecule has 4 heteroatoms. The topological polar surface area (TPSA) is 55.8 Å². The Morgan fingerprint density at radius 3 is 2.63 bits per heavy atom. The molecule has 0 saturated carbocycles. The predicted molar refractivity (Wildman–Crippen MR) is 76.3 cm³/mol. The molecular formula is C15H22O4. The number of aromatic hydroxyl groups is 1. The Hall–Kier alpha value is -1.97. The molecule has 0 bridgehead atoms. The fourth-order valence-corrected chi connectivity index (χ4v) is 1.21. The van der Waals surface area contributed by atoms with Crippen LogP contribution in [0.25, 0.3) is 6.08 Å². The Morgan fingerprint density at radius 2 is 2.05 bits per heavy atom. The minimum atomic E-state index is -0.376. The van der Waals surface area contributed by atoms with Crippen LogP contribution in [0.3, 0.4) is 0 Å². The largest absolute Gasteiger partial charge is 0.504 e. The van der Waals surface area contributed by atoms with Gasteiger partial charge in [-0.1, -0.05) is 26.8 Å². The maximum atomic E-state index is 11.2. The van der Waals surface area contributed by atoms with Crippen molar-refractivity contribution in [2.24, 2.45) is 0 Å². The van der Waals surface area contributed by atoms with E-state index in [1.54, 1.807) is 18.2 Å². The van der Waals surface area contributed by atoms with Crippen LogP contribution >= 0.6 is 0 Å². The molecule has 0 radical (unpaired) electrons. The van der Waals surface area contributed by atoms with Crippen molar-refractivity contribution >= 4 is 12.0 Å². The van der Waals surface area contributed by atoms with Gasteiger partial charge in [0, 0.05) is 6.08 Å². The zero-order chi connectivity index (χ0) is 14.7. The lowest BCUT2D eigenvalue weighted by Crippen LogP contribution is -2.00. The van der Waals surface area contributed by atoms with Gasteiger partial charge in [-0.3, -0.25) is 0 Å². The van der Waals surface area contributed by atoms with E-state index in [-0.39, 0.29) is 11.7 Å². The Kier molecular flexibility index (Phi) is 8.96. The number of hydrogen-bond acceptors (Lipinski definition) is 4. The molecule has 0 spiro atoms. The fourth-order valence-electron chi connectivity index (χ4n) is 1.21. The minimum Gasteiger partial charge on any atom is -0.504 e. The minimum absolute atomic E-state index is 0.0678. The molecule has 1 aromatic carbocycles. The van der Waals surface area contributed by atoms with Crippen molar-refractivity contribution in [3.05, 3.63) is 29.8 Å². The third-order valence-electron chi connectivity index (χ3n) is 2.06. The molecule has 0 aliphatic carbocycles. The molecule has 0 fully saturated rings. The van der Waals surface area contributed by atoms with E-state index < -0.39 is 0 Å². The first-order valence-electron chi connectivity index (χ1n) is 6.39. The highest BCUT2D eigenvalue weighted by Gasteiger charge is 2.01. The summed E-state index contributed by atoms with van der Waals surface area (Å²) in [4.78, 5) is 11.2. The zero-order valence-corrected chi connectivity index (χ0v) is 12.0. The number of benzene rings is 1. The van der Waals surface area contributed by atoms with Crippen LogP contribution in [0.2, 0.25) is 0 Å². The lowest BCUT2D eigenvalue weighted by Gasteiger charge is -2.03. The van der Waals surface area contributed by atoms with Gasteiger partial charge < -0.3 is 14.6 Å². The van der Waals surface area contributed by atoms with E-state index in [4.69, 9.17) is 9.47 Å². The van der Waals surface area contributed by atoms with E-state index in [1.807, 2.05) is 20.8 Å². The summed E-state index contributed by atoms with van der Waals surface area (Å²) in [5.74, 6) is 0.0613. The number of phenols is 1. The second-order valence-electron chi connectivity index (χ2n) is 3.43. The van der Waals surface area contributed by atoms with Crippen molar-refractivity contribution in [2.75, 3.05) is 13.7 Å². The van der Waals surface area contributed by atoms with E-state index in [0.717, 1.165) is 12.0 Å². The van der Waals surface area contributed by atoms with Crippen molar-refractivity contribution in [3.63, 3.8) is 0 Å². The number of ether oxygens (including phenoxy) is 2. The van der Waals surface area contributed by atoms with Crippen LogP contribution in [0.15, 0.2) is 24.3 Å². The summed E-state index contributed by atoms with van der Waals surface area (Å²) in [6.07, 6.45) is 3.76. The van der Waals surface area contributed by atoms with E-state index in [9.17, 15) is 9.90 Å². The number of carbonyl (C=O) groups excluding carboxylic acids is 1. The van der Waals surface area contributed by atoms with Gasteiger partial charge in [0.15, 0.2) is 11.5 Å². The van der Waals surface area contributed by atoms with E-state index in [2.05, 4.69) is 0 Å².